The molecule has 3 heterocycles. The van der Waals surface area contributed by atoms with Gasteiger partial charge in [0.25, 0.3) is 5.88 Å². The third-order valence-electron chi connectivity index (χ3n) is 6.68. The third kappa shape index (κ3) is 6.07. The average Bonchev–Trinajstić information content (AvgIpc) is 3.50. The summed E-state index contributed by atoms with van der Waals surface area (Å²) in [5.74, 6) is -0.284. The van der Waals surface area contributed by atoms with Crippen LogP contribution in [0.5, 0.6) is 5.88 Å². The van der Waals surface area contributed by atoms with Gasteiger partial charge in [0.2, 0.25) is 10.0 Å². The molecule has 1 amide bonds. The fourth-order valence-electron chi connectivity index (χ4n) is 4.64. The summed E-state index contributed by atoms with van der Waals surface area (Å²) in [4.78, 5) is 14.5. The van der Waals surface area contributed by atoms with E-state index in [1.807, 2.05) is 4.90 Å². The van der Waals surface area contributed by atoms with Crippen molar-refractivity contribution in [2.24, 2.45) is 0 Å². The number of halogens is 4. The van der Waals surface area contributed by atoms with E-state index in [1.54, 1.807) is 0 Å². The van der Waals surface area contributed by atoms with Gasteiger partial charge in [-0.25, -0.2) is 17.6 Å². The molecular formula is C25H24F4N4O5S. The Morgan fingerprint density at radius 1 is 1.10 bits per heavy atom. The summed E-state index contributed by atoms with van der Waals surface area (Å²) in [5, 5.41) is 6.53. The number of hydrogen-bond acceptors (Lipinski definition) is 7. The molecule has 2 aromatic carbocycles. The zero-order valence-electron chi connectivity index (χ0n) is 20.4. The number of carbonyl (C=O) groups excluding carboxylic acids is 1. The van der Waals surface area contributed by atoms with Crippen LogP contribution in [0.3, 0.4) is 0 Å². The standard InChI is InChI=1S/C25H24F4N4O5S/c26-18-5-7-20(8-6-18)39(35,36)33-12-10-22-21(15-33)23(31-38-22)37-24(34)30-19-9-11-32(14-19)13-16-1-3-17(4-2-16)25(27,28)29/h1-8,19H,9-15H2,(H,30,34). The number of nitrogens with zero attached hydrogens (tertiary/aromatic N) is 3. The van der Waals surface area contributed by atoms with Gasteiger partial charge in [-0.2, -0.15) is 17.5 Å². The summed E-state index contributed by atoms with van der Waals surface area (Å²) in [5.41, 5.74) is 0.346. The number of nitrogens with one attached hydrogen (secondary N) is 1. The number of hydrogen-bond donors (Lipinski definition) is 1. The van der Waals surface area contributed by atoms with Crippen molar-refractivity contribution < 1.29 is 40.0 Å². The van der Waals surface area contributed by atoms with E-state index in [9.17, 15) is 30.8 Å². The summed E-state index contributed by atoms with van der Waals surface area (Å²) < 4.78 is 89.3. The highest BCUT2D eigenvalue weighted by Gasteiger charge is 2.34. The van der Waals surface area contributed by atoms with Crippen molar-refractivity contribution in [1.82, 2.24) is 19.7 Å². The molecule has 1 saturated heterocycles. The SMILES string of the molecule is O=C(NC1CCN(Cc2ccc(C(F)(F)F)cc2)C1)Oc1noc2c1CN(S(=O)(=O)c1ccc(F)cc1)CC2. The molecule has 2 aliphatic rings. The van der Waals surface area contributed by atoms with Gasteiger partial charge in [-0.15, -0.1) is 0 Å². The van der Waals surface area contributed by atoms with Crippen LogP contribution >= 0.6 is 0 Å². The van der Waals surface area contributed by atoms with Gasteiger partial charge in [0.05, 0.1) is 16.0 Å². The largest absolute Gasteiger partial charge is 0.416 e. The molecule has 39 heavy (non-hydrogen) atoms. The van der Waals surface area contributed by atoms with Gasteiger partial charge in [0, 0.05) is 45.2 Å². The molecule has 14 heteroatoms. The molecule has 0 aliphatic carbocycles. The molecule has 3 aromatic rings. The molecular weight excluding hydrogens is 544 g/mol. The van der Waals surface area contributed by atoms with E-state index in [0.29, 0.717) is 37.4 Å². The number of ether oxygens (including phenoxy) is 1. The van der Waals surface area contributed by atoms with Crippen molar-refractivity contribution in [3.63, 3.8) is 0 Å². The molecule has 1 aromatic heterocycles. The van der Waals surface area contributed by atoms with Crippen molar-refractivity contribution in [1.29, 1.82) is 0 Å². The van der Waals surface area contributed by atoms with Crippen LogP contribution in [0.25, 0.3) is 0 Å². The Bertz CT molecular complexity index is 1440. The maximum absolute atomic E-state index is 13.2. The Morgan fingerprint density at radius 3 is 2.51 bits per heavy atom. The third-order valence-corrected chi connectivity index (χ3v) is 8.54. The predicted octanol–water partition coefficient (Wildman–Crippen LogP) is 3.94. The zero-order valence-corrected chi connectivity index (χ0v) is 21.3. The Labute approximate surface area is 221 Å². The van der Waals surface area contributed by atoms with Crippen LogP contribution in [0.1, 0.15) is 28.9 Å². The highest BCUT2D eigenvalue weighted by molar-refractivity contribution is 7.89. The lowest BCUT2D eigenvalue weighted by Crippen LogP contribution is -2.39. The second kappa shape index (κ2) is 10.6. The normalized spacial score (nSPS) is 18.6. The molecule has 0 radical (unpaired) electrons. The lowest BCUT2D eigenvalue weighted by atomic mass is 10.1. The van der Waals surface area contributed by atoms with Crippen molar-refractivity contribution in [3.05, 3.63) is 76.8 Å². The summed E-state index contributed by atoms with van der Waals surface area (Å²) in [6.07, 6.45) is -4.35. The fraction of sp³-hybridized carbons (Fsp3) is 0.360. The smallest absolute Gasteiger partial charge is 0.388 e. The van der Waals surface area contributed by atoms with Crippen molar-refractivity contribution in [2.45, 2.75) is 43.0 Å². The lowest BCUT2D eigenvalue weighted by molar-refractivity contribution is -0.137. The predicted molar refractivity (Wildman–Crippen MR) is 128 cm³/mol. The van der Waals surface area contributed by atoms with E-state index in [0.717, 1.165) is 29.8 Å². The first-order chi connectivity index (χ1) is 18.5. The number of sulfonamides is 1. The first kappa shape index (κ1) is 27.1. The Morgan fingerprint density at radius 2 is 1.82 bits per heavy atom. The Kier molecular flexibility index (Phi) is 7.35. The second-order valence-corrected chi connectivity index (χ2v) is 11.3. The highest BCUT2D eigenvalue weighted by atomic mass is 32.2. The van der Waals surface area contributed by atoms with Crippen LogP contribution < -0.4 is 10.1 Å². The molecule has 1 unspecified atom stereocenters. The van der Waals surface area contributed by atoms with Crippen molar-refractivity contribution in [2.75, 3.05) is 19.6 Å². The summed E-state index contributed by atoms with van der Waals surface area (Å²) in [7, 11) is -3.93. The van der Waals surface area contributed by atoms with E-state index in [1.165, 1.54) is 28.6 Å². The van der Waals surface area contributed by atoms with Gasteiger partial charge in [0.1, 0.15) is 11.6 Å². The van der Waals surface area contributed by atoms with Crippen LogP contribution in [0.2, 0.25) is 0 Å². The molecule has 0 saturated carbocycles. The quantitative estimate of drug-likeness (QED) is 0.449. The Balaban J connectivity index is 1.16. The van der Waals surface area contributed by atoms with Gasteiger partial charge >= 0.3 is 12.3 Å². The second-order valence-electron chi connectivity index (χ2n) is 9.38. The summed E-state index contributed by atoms with van der Waals surface area (Å²) in [6.45, 7) is 1.51. The highest BCUT2D eigenvalue weighted by Crippen LogP contribution is 2.31. The van der Waals surface area contributed by atoms with Crippen LogP contribution in [0.15, 0.2) is 57.9 Å². The van der Waals surface area contributed by atoms with E-state index >= 15 is 0 Å². The molecule has 9 nitrogen and oxygen atoms in total. The average molecular weight is 569 g/mol. The first-order valence-corrected chi connectivity index (χ1v) is 13.5. The van der Waals surface area contributed by atoms with Crippen molar-refractivity contribution in [3.8, 4) is 5.88 Å². The number of rotatable bonds is 6. The summed E-state index contributed by atoms with van der Waals surface area (Å²) in [6, 6.07) is 9.19. The maximum atomic E-state index is 13.2. The molecule has 1 atom stereocenters. The number of benzene rings is 2. The molecule has 0 spiro atoms. The molecule has 2 aliphatic heterocycles. The Hall–Kier alpha value is -3.49. The minimum Gasteiger partial charge on any atom is -0.388 e. The minimum absolute atomic E-state index is 0.0638. The summed E-state index contributed by atoms with van der Waals surface area (Å²) >= 11 is 0. The number of likely N-dealkylation sites (tertiary alicyclic amines) is 1. The molecule has 208 valence electrons. The van der Waals surface area contributed by atoms with Gasteiger partial charge in [-0.1, -0.05) is 12.1 Å². The van der Waals surface area contributed by atoms with Gasteiger partial charge in [-0.3, -0.25) is 4.90 Å². The van der Waals surface area contributed by atoms with Crippen LogP contribution in [-0.2, 0) is 35.7 Å². The first-order valence-electron chi connectivity index (χ1n) is 12.1. The van der Waals surface area contributed by atoms with Gasteiger partial charge < -0.3 is 14.6 Å². The van der Waals surface area contributed by atoms with E-state index in [2.05, 4.69) is 10.5 Å². The number of aromatic nitrogens is 1. The lowest BCUT2D eigenvalue weighted by Gasteiger charge is -2.25. The molecule has 0 bridgehead atoms. The van der Waals surface area contributed by atoms with Gasteiger partial charge in [-0.05, 0) is 53.5 Å². The zero-order chi connectivity index (χ0) is 27.8. The number of amides is 1. The monoisotopic (exact) mass is 568 g/mol. The van der Waals surface area contributed by atoms with E-state index < -0.39 is 33.7 Å². The number of fused-ring (bicyclic) bond motifs is 1. The van der Waals surface area contributed by atoms with Gasteiger partial charge in [0.15, 0.2) is 0 Å². The number of alkyl halides is 3. The topological polar surface area (TPSA) is 105 Å². The van der Waals surface area contributed by atoms with E-state index in [-0.39, 0.29) is 36.3 Å². The maximum Gasteiger partial charge on any atom is 0.416 e. The van der Waals surface area contributed by atoms with Crippen LogP contribution in [0, 0.1) is 5.82 Å². The number of carbonyl (C=O) groups is 1. The molecule has 1 fully saturated rings. The fourth-order valence-corrected chi connectivity index (χ4v) is 6.05. The molecule has 5 rings (SSSR count). The minimum atomic E-state index is -4.39. The van der Waals surface area contributed by atoms with Crippen molar-refractivity contribution >= 4 is 16.1 Å². The van der Waals surface area contributed by atoms with Crippen LogP contribution in [-0.4, -0.2) is 54.5 Å². The van der Waals surface area contributed by atoms with Crippen LogP contribution in [0.4, 0.5) is 22.4 Å². The van der Waals surface area contributed by atoms with E-state index in [4.69, 9.17) is 9.26 Å². The molecule has 1 N–H and O–H groups in total.